The number of hydrogen-bond donors (Lipinski definition) is 0. The SMILES string of the molecule is S=P12c3cccc(-c4ccccc4)c3Oc3cc(-c4ccccc4)cc(c31)Oc1c(-c3ccccc3)cccc12. The van der Waals surface area contributed by atoms with Crippen LogP contribution in [0.1, 0.15) is 0 Å². The number of para-hydroxylation sites is 2. The Balaban J connectivity index is 1.46. The van der Waals surface area contributed by atoms with Crippen LogP contribution in [0.25, 0.3) is 33.4 Å². The highest BCUT2D eigenvalue weighted by Crippen LogP contribution is 2.61. The number of ether oxygens (including phenoxy) is 2. The molecule has 40 heavy (non-hydrogen) atoms. The maximum absolute atomic E-state index is 6.89. The monoisotopic (exact) mass is 550 g/mol. The Bertz CT molecular complexity index is 1850. The molecule has 0 unspecified atom stereocenters. The second-order valence-electron chi connectivity index (χ2n) is 10.0. The summed E-state index contributed by atoms with van der Waals surface area (Å²) in [7, 11) is 0. The molecule has 0 spiro atoms. The Morgan fingerprint density at radius 1 is 0.425 bits per heavy atom. The van der Waals surface area contributed by atoms with Gasteiger partial charge in [-0.15, -0.1) is 0 Å². The largest absolute Gasteiger partial charge is 0.455 e. The van der Waals surface area contributed by atoms with Crippen molar-refractivity contribution in [3.63, 3.8) is 0 Å². The van der Waals surface area contributed by atoms with Crippen molar-refractivity contribution in [3.05, 3.63) is 140 Å². The van der Waals surface area contributed by atoms with E-state index in [2.05, 4.69) is 121 Å². The molecule has 0 radical (unpaired) electrons. The molecule has 0 saturated heterocycles. The zero-order valence-electron chi connectivity index (χ0n) is 21.5. The van der Waals surface area contributed by atoms with Gasteiger partial charge in [0.1, 0.15) is 23.0 Å². The summed E-state index contributed by atoms with van der Waals surface area (Å²) in [5, 5.41) is 3.14. The maximum atomic E-state index is 6.89. The van der Waals surface area contributed by atoms with Gasteiger partial charge in [0.2, 0.25) is 0 Å². The van der Waals surface area contributed by atoms with Crippen molar-refractivity contribution in [2.75, 3.05) is 0 Å². The van der Waals surface area contributed by atoms with Gasteiger partial charge in [-0.2, -0.15) is 0 Å². The molecule has 0 aliphatic carbocycles. The summed E-state index contributed by atoms with van der Waals surface area (Å²) in [5.74, 6) is 3.26. The zero-order chi connectivity index (χ0) is 26.7. The number of fused-ring (bicyclic) bond motifs is 4. The number of benzene rings is 6. The molecule has 0 N–H and O–H groups in total. The van der Waals surface area contributed by atoms with E-state index in [1.165, 1.54) is 0 Å². The highest BCUT2D eigenvalue weighted by atomic mass is 32.4. The lowest BCUT2D eigenvalue weighted by atomic mass is 10.0. The fraction of sp³-hybridized carbons (Fsp3) is 0. The second-order valence-corrected chi connectivity index (χ2v) is 14.3. The fourth-order valence-electron chi connectivity index (χ4n) is 5.89. The van der Waals surface area contributed by atoms with Crippen LogP contribution in [0.2, 0.25) is 0 Å². The van der Waals surface area contributed by atoms with Crippen molar-refractivity contribution in [2.24, 2.45) is 0 Å². The molecule has 2 aliphatic heterocycles. The third kappa shape index (κ3) is 3.45. The number of hydrogen-bond acceptors (Lipinski definition) is 3. The third-order valence-electron chi connectivity index (χ3n) is 7.72. The average molecular weight is 551 g/mol. The van der Waals surface area contributed by atoms with Gasteiger partial charge in [-0.25, -0.2) is 0 Å². The van der Waals surface area contributed by atoms with E-state index in [9.17, 15) is 0 Å². The molecule has 2 heterocycles. The molecule has 0 fully saturated rings. The number of rotatable bonds is 3. The molecule has 0 amide bonds. The Morgan fingerprint density at radius 2 is 0.850 bits per heavy atom. The molecule has 4 heteroatoms. The highest BCUT2D eigenvalue weighted by Gasteiger charge is 2.44. The first kappa shape index (κ1) is 23.5. The van der Waals surface area contributed by atoms with Gasteiger partial charge in [0.05, 0.1) is 11.3 Å². The first-order valence-corrected chi connectivity index (χ1v) is 16.1. The van der Waals surface area contributed by atoms with Crippen LogP contribution in [0.5, 0.6) is 23.0 Å². The van der Waals surface area contributed by atoms with E-state index in [-0.39, 0.29) is 0 Å². The second kappa shape index (κ2) is 9.06. The zero-order valence-corrected chi connectivity index (χ0v) is 23.2. The Kier molecular flexibility index (Phi) is 5.31. The summed E-state index contributed by atoms with van der Waals surface area (Å²) in [5.41, 5.74) is 6.45. The van der Waals surface area contributed by atoms with E-state index < -0.39 is 6.04 Å². The standard InChI is InChI=1S/C36H23O2PS/c40-39-32-20-10-18-28(25-14-6-2-7-15-25)34(32)37-30-22-27(24-12-4-1-5-13-24)23-31(36(30)39)38-35-29(19-11-21-33(35)39)26-16-8-3-9-17-26/h1-23H. The maximum Gasteiger partial charge on any atom is 0.144 e. The molecular weight excluding hydrogens is 527 g/mol. The summed E-state index contributed by atoms with van der Waals surface area (Å²) in [6, 6.07) is 45.7. The van der Waals surface area contributed by atoms with Gasteiger partial charge in [0, 0.05) is 21.7 Å². The van der Waals surface area contributed by atoms with Crippen molar-refractivity contribution >= 4 is 33.8 Å². The van der Waals surface area contributed by atoms with Crippen LogP contribution in [0.3, 0.4) is 0 Å². The lowest BCUT2D eigenvalue weighted by molar-refractivity contribution is 0.468. The highest BCUT2D eigenvalue weighted by molar-refractivity contribution is 8.26. The summed E-state index contributed by atoms with van der Waals surface area (Å²) >= 11 is 6.89. The summed E-state index contributed by atoms with van der Waals surface area (Å²) in [6.45, 7) is 0. The molecule has 2 aliphatic rings. The van der Waals surface area contributed by atoms with Crippen molar-refractivity contribution in [1.82, 2.24) is 0 Å². The average Bonchev–Trinajstić information content (AvgIpc) is 3.02. The quantitative estimate of drug-likeness (QED) is 0.205. The normalized spacial score (nSPS) is 13.7. The first-order valence-electron chi connectivity index (χ1n) is 13.3. The van der Waals surface area contributed by atoms with E-state index in [4.69, 9.17) is 21.3 Å². The molecule has 0 saturated carbocycles. The van der Waals surface area contributed by atoms with Crippen LogP contribution in [0, 0.1) is 0 Å². The molecule has 2 nitrogen and oxygen atoms in total. The molecule has 6 aromatic carbocycles. The van der Waals surface area contributed by atoms with Crippen molar-refractivity contribution < 1.29 is 9.47 Å². The van der Waals surface area contributed by atoms with Crippen molar-refractivity contribution in [3.8, 4) is 56.4 Å². The van der Waals surface area contributed by atoms with Crippen LogP contribution in [-0.4, -0.2) is 0 Å². The van der Waals surface area contributed by atoms with Gasteiger partial charge in [-0.1, -0.05) is 127 Å². The van der Waals surface area contributed by atoms with Crippen LogP contribution >= 0.6 is 6.04 Å². The van der Waals surface area contributed by atoms with Gasteiger partial charge < -0.3 is 9.47 Å². The van der Waals surface area contributed by atoms with E-state index in [0.717, 1.165) is 72.3 Å². The van der Waals surface area contributed by atoms with E-state index in [1.54, 1.807) is 0 Å². The van der Waals surface area contributed by atoms with Crippen LogP contribution < -0.4 is 25.4 Å². The topological polar surface area (TPSA) is 18.5 Å². The van der Waals surface area contributed by atoms with E-state index in [0.29, 0.717) is 0 Å². The van der Waals surface area contributed by atoms with Crippen LogP contribution in [0.15, 0.2) is 140 Å². The van der Waals surface area contributed by atoms with Crippen molar-refractivity contribution in [2.45, 2.75) is 0 Å². The molecule has 0 aromatic heterocycles. The van der Waals surface area contributed by atoms with E-state index >= 15 is 0 Å². The molecule has 0 bridgehead atoms. The summed E-state index contributed by atoms with van der Waals surface area (Å²) in [6.07, 6.45) is 0. The first-order chi connectivity index (χ1) is 19.7. The lowest BCUT2D eigenvalue weighted by Gasteiger charge is -2.39. The minimum absolute atomic E-state index is 0.784. The molecule has 6 aromatic rings. The van der Waals surface area contributed by atoms with Crippen molar-refractivity contribution in [1.29, 1.82) is 0 Å². The molecule has 8 rings (SSSR count). The van der Waals surface area contributed by atoms with Crippen LogP contribution in [0.4, 0.5) is 0 Å². The Morgan fingerprint density at radius 3 is 1.30 bits per heavy atom. The van der Waals surface area contributed by atoms with Gasteiger partial charge >= 0.3 is 0 Å². The van der Waals surface area contributed by atoms with E-state index in [1.807, 2.05) is 18.2 Å². The van der Waals surface area contributed by atoms with Crippen LogP contribution in [-0.2, 0) is 11.8 Å². The summed E-state index contributed by atoms with van der Waals surface area (Å²) in [4.78, 5) is 0. The van der Waals surface area contributed by atoms with Gasteiger partial charge in [0.25, 0.3) is 0 Å². The third-order valence-corrected chi connectivity index (χ3v) is 12.6. The van der Waals surface area contributed by atoms with Gasteiger partial charge in [0.15, 0.2) is 0 Å². The summed E-state index contributed by atoms with van der Waals surface area (Å²) < 4.78 is 13.7. The lowest BCUT2D eigenvalue weighted by Crippen LogP contribution is -2.35. The Labute approximate surface area is 238 Å². The smallest absolute Gasteiger partial charge is 0.144 e. The van der Waals surface area contributed by atoms with Gasteiger partial charge in [-0.3, -0.25) is 0 Å². The predicted octanol–water partition coefficient (Wildman–Crippen LogP) is 8.65. The minimum atomic E-state index is -2.54. The Hall–Kier alpha value is -4.43. The predicted molar refractivity (Wildman–Crippen MR) is 169 cm³/mol. The van der Waals surface area contributed by atoms with Gasteiger partial charge in [-0.05, 0) is 46.5 Å². The molecule has 0 atom stereocenters. The fourth-order valence-corrected chi connectivity index (χ4v) is 10.4. The minimum Gasteiger partial charge on any atom is -0.455 e. The molecule has 190 valence electrons. The molecular formula is C36H23O2PS.